The first-order valence-corrected chi connectivity index (χ1v) is 6.18. The second kappa shape index (κ2) is 4.37. The fraction of sp³-hybridized carbons (Fsp3) is 0.357. The number of rotatable bonds is 2. The third-order valence-electron chi connectivity index (χ3n) is 3.51. The van der Waals surface area contributed by atoms with Gasteiger partial charge in [0.25, 0.3) is 0 Å². The Kier molecular flexibility index (Phi) is 2.70. The number of nitrogens with one attached hydrogen (secondary N) is 1. The highest BCUT2D eigenvalue weighted by molar-refractivity contribution is 5.59. The summed E-state index contributed by atoms with van der Waals surface area (Å²) in [5.41, 5.74) is 3.78. The molecule has 0 radical (unpaired) electrons. The first-order valence-electron chi connectivity index (χ1n) is 6.18. The summed E-state index contributed by atoms with van der Waals surface area (Å²) in [6.45, 7) is 0.999. The summed E-state index contributed by atoms with van der Waals surface area (Å²) in [5, 5.41) is 7.71. The Morgan fingerprint density at radius 1 is 1.44 bits per heavy atom. The van der Waals surface area contributed by atoms with Crippen LogP contribution in [0.25, 0.3) is 0 Å². The molecular formula is C14H17N3O. The standard InChI is InChI=1S/C14H17N3O/c1-17-9-10(8-16-17)12-5-6-15-14-4-3-11(18-2)7-13(12)14/h3-4,7-9,12,15H,5-6H2,1-2H3. The van der Waals surface area contributed by atoms with Crippen LogP contribution in [0.5, 0.6) is 5.75 Å². The van der Waals surface area contributed by atoms with E-state index in [0.29, 0.717) is 5.92 Å². The number of anilines is 1. The van der Waals surface area contributed by atoms with Gasteiger partial charge in [0, 0.05) is 31.4 Å². The van der Waals surface area contributed by atoms with Gasteiger partial charge in [-0.25, -0.2) is 0 Å². The van der Waals surface area contributed by atoms with Crippen molar-refractivity contribution in [2.45, 2.75) is 12.3 Å². The zero-order valence-corrected chi connectivity index (χ0v) is 10.7. The normalized spacial score (nSPS) is 18.0. The average molecular weight is 243 g/mol. The molecule has 0 bridgehead atoms. The van der Waals surface area contributed by atoms with E-state index in [9.17, 15) is 0 Å². The van der Waals surface area contributed by atoms with E-state index in [0.717, 1.165) is 18.7 Å². The summed E-state index contributed by atoms with van der Waals surface area (Å²) < 4.78 is 7.18. The molecule has 0 saturated heterocycles. The van der Waals surface area contributed by atoms with Gasteiger partial charge in [0.2, 0.25) is 0 Å². The number of ether oxygens (including phenoxy) is 1. The first kappa shape index (κ1) is 11.1. The first-order chi connectivity index (χ1) is 8.78. The van der Waals surface area contributed by atoms with E-state index >= 15 is 0 Å². The van der Waals surface area contributed by atoms with Crippen molar-refractivity contribution < 1.29 is 4.74 Å². The van der Waals surface area contributed by atoms with Gasteiger partial charge in [-0.05, 0) is 35.7 Å². The number of methoxy groups -OCH3 is 1. The summed E-state index contributed by atoms with van der Waals surface area (Å²) in [7, 11) is 3.66. The van der Waals surface area contributed by atoms with Gasteiger partial charge in [-0.1, -0.05) is 0 Å². The fourth-order valence-corrected chi connectivity index (χ4v) is 2.59. The summed E-state index contributed by atoms with van der Waals surface area (Å²) in [5.74, 6) is 1.32. The van der Waals surface area contributed by atoms with Crippen LogP contribution in [0.2, 0.25) is 0 Å². The predicted octanol–water partition coefficient (Wildman–Crippen LogP) is 2.38. The van der Waals surface area contributed by atoms with Gasteiger partial charge in [0.05, 0.1) is 13.3 Å². The highest BCUT2D eigenvalue weighted by Gasteiger charge is 2.23. The lowest BCUT2D eigenvalue weighted by molar-refractivity contribution is 0.414. The van der Waals surface area contributed by atoms with Gasteiger partial charge < -0.3 is 10.1 Å². The molecule has 1 aliphatic heterocycles. The Morgan fingerprint density at radius 3 is 3.06 bits per heavy atom. The number of fused-ring (bicyclic) bond motifs is 1. The minimum absolute atomic E-state index is 0.407. The van der Waals surface area contributed by atoms with Crippen molar-refractivity contribution in [2.75, 3.05) is 19.0 Å². The molecule has 2 aromatic rings. The predicted molar refractivity (Wildman–Crippen MR) is 71.2 cm³/mol. The van der Waals surface area contributed by atoms with Gasteiger partial charge >= 0.3 is 0 Å². The number of hydrogen-bond donors (Lipinski definition) is 1. The molecule has 2 heterocycles. The van der Waals surface area contributed by atoms with E-state index < -0.39 is 0 Å². The Labute approximate surface area is 107 Å². The molecular weight excluding hydrogens is 226 g/mol. The SMILES string of the molecule is COc1ccc2c(c1)C(c1cnn(C)c1)CCN2. The van der Waals surface area contributed by atoms with Crippen LogP contribution in [-0.2, 0) is 7.05 Å². The minimum atomic E-state index is 0.407. The number of nitrogens with zero attached hydrogens (tertiary/aromatic N) is 2. The Hall–Kier alpha value is -1.97. The molecule has 94 valence electrons. The second-order valence-corrected chi connectivity index (χ2v) is 4.67. The maximum absolute atomic E-state index is 5.32. The molecule has 1 aromatic carbocycles. The minimum Gasteiger partial charge on any atom is -0.497 e. The van der Waals surface area contributed by atoms with Crippen molar-refractivity contribution in [3.8, 4) is 5.75 Å². The van der Waals surface area contributed by atoms with Crippen LogP contribution in [0.1, 0.15) is 23.5 Å². The maximum atomic E-state index is 5.32. The highest BCUT2D eigenvalue weighted by Crippen LogP contribution is 2.38. The lowest BCUT2D eigenvalue weighted by Crippen LogP contribution is -2.17. The smallest absolute Gasteiger partial charge is 0.119 e. The van der Waals surface area contributed by atoms with Gasteiger partial charge in [-0.3, -0.25) is 4.68 Å². The molecule has 4 heteroatoms. The molecule has 0 fully saturated rings. The number of hydrogen-bond acceptors (Lipinski definition) is 3. The van der Waals surface area contributed by atoms with Crippen molar-refractivity contribution in [1.29, 1.82) is 0 Å². The summed E-state index contributed by atoms with van der Waals surface area (Å²) in [6.07, 6.45) is 5.14. The molecule has 1 atom stereocenters. The number of aryl methyl sites for hydroxylation is 1. The zero-order valence-electron chi connectivity index (χ0n) is 10.7. The van der Waals surface area contributed by atoms with Crippen molar-refractivity contribution in [3.05, 3.63) is 41.7 Å². The van der Waals surface area contributed by atoms with E-state index in [-0.39, 0.29) is 0 Å². The second-order valence-electron chi connectivity index (χ2n) is 4.67. The molecule has 0 aliphatic carbocycles. The third-order valence-corrected chi connectivity index (χ3v) is 3.51. The van der Waals surface area contributed by atoms with Gasteiger partial charge in [-0.15, -0.1) is 0 Å². The summed E-state index contributed by atoms with van der Waals surface area (Å²) in [6, 6.07) is 6.22. The van der Waals surface area contributed by atoms with Crippen molar-refractivity contribution >= 4 is 5.69 Å². The molecule has 1 aliphatic rings. The van der Waals surface area contributed by atoms with E-state index in [1.807, 2.05) is 24.0 Å². The zero-order chi connectivity index (χ0) is 12.5. The van der Waals surface area contributed by atoms with Gasteiger partial charge in [-0.2, -0.15) is 5.10 Å². The molecule has 0 amide bonds. The topological polar surface area (TPSA) is 39.1 Å². The molecule has 18 heavy (non-hydrogen) atoms. The van der Waals surface area contributed by atoms with Crippen LogP contribution in [0, 0.1) is 0 Å². The lowest BCUT2D eigenvalue weighted by Gasteiger charge is -2.26. The van der Waals surface area contributed by atoms with E-state index in [4.69, 9.17) is 4.74 Å². The van der Waals surface area contributed by atoms with Crippen LogP contribution < -0.4 is 10.1 Å². The van der Waals surface area contributed by atoms with E-state index in [1.165, 1.54) is 16.8 Å². The van der Waals surface area contributed by atoms with Crippen molar-refractivity contribution in [2.24, 2.45) is 7.05 Å². The third kappa shape index (κ3) is 1.83. The molecule has 3 rings (SSSR count). The lowest BCUT2D eigenvalue weighted by atomic mass is 9.86. The monoisotopic (exact) mass is 243 g/mol. The van der Waals surface area contributed by atoms with Crippen molar-refractivity contribution in [3.63, 3.8) is 0 Å². The van der Waals surface area contributed by atoms with Gasteiger partial charge in [0.1, 0.15) is 5.75 Å². The number of benzene rings is 1. The Balaban J connectivity index is 2.04. The largest absolute Gasteiger partial charge is 0.497 e. The molecule has 1 unspecified atom stereocenters. The quantitative estimate of drug-likeness (QED) is 0.880. The highest BCUT2D eigenvalue weighted by atomic mass is 16.5. The van der Waals surface area contributed by atoms with Crippen LogP contribution in [-0.4, -0.2) is 23.4 Å². The Bertz CT molecular complexity index is 562. The van der Waals surface area contributed by atoms with Crippen LogP contribution in [0.15, 0.2) is 30.6 Å². The molecule has 1 aromatic heterocycles. The average Bonchev–Trinajstić information content (AvgIpc) is 2.84. The molecule has 1 N–H and O–H groups in total. The Morgan fingerprint density at radius 2 is 2.33 bits per heavy atom. The van der Waals surface area contributed by atoms with E-state index in [2.05, 4.69) is 28.7 Å². The summed E-state index contributed by atoms with van der Waals surface area (Å²) >= 11 is 0. The van der Waals surface area contributed by atoms with Crippen molar-refractivity contribution in [1.82, 2.24) is 9.78 Å². The molecule has 0 spiro atoms. The maximum Gasteiger partial charge on any atom is 0.119 e. The van der Waals surface area contributed by atoms with Gasteiger partial charge in [0.15, 0.2) is 0 Å². The van der Waals surface area contributed by atoms with Crippen LogP contribution >= 0.6 is 0 Å². The fourth-order valence-electron chi connectivity index (χ4n) is 2.59. The number of aromatic nitrogens is 2. The molecule has 4 nitrogen and oxygen atoms in total. The van der Waals surface area contributed by atoms with Crippen LogP contribution in [0.3, 0.4) is 0 Å². The van der Waals surface area contributed by atoms with E-state index in [1.54, 1.807) is 7.11 Å². The summed E-state index contributed by atoms with van der Waals surface area (Å²) in [4.78, 5) is 0. The molecule has 0 saturated carbocycles. The van der Waals surface area contributed by atoms with Crippen LogP contribution in [0.4, 0.5) is 5.69 Å².